The Labute approximate surface area is 122 Å². The number of methoxy groups -OCH3 is 1. The molecule has 0 amide bonds. The molecule has 1 aliphatic carbocycles. The third-order valence-corrected chi connectivity index (χ3v) is 4.15. The van der Waals surface area contributed by atoms with Gasteiger partial charge in [-0.2, -0.15) is 0 Å². The van der Waals surface area contributed by atoms with Gasteiger partial charge in [-0.05, 0) is 43.2 Å². The van der Waals surface area contributed by atoms with Gasteiger partial charge in [-0.15, -0.1) is 0 Å². The summed E-state index contributed by atoms with van der Waals surface area (Å²) in [6, 6.07) is 6.62. The van der Waals surface area contributed by atoms with Crippen molar-refractivity contribution in [3.8, 4) is 11.5 Å². The zero-order valence-electron chi connectivity index (χ0n) is 13.3. The van der Waals surface area contributed by atoms with E-state index in [1.807, 2.05) is 19.1 Å². The maximum atomic E-state index is 5.64. The van der Waals surface area contributed by atoms with Crippen molar-refractivity contribution in [2.45, 2.75) is 46.6 Å². The summed E-state index contributed by atoms with van der Waals surface area (Å²) in [5.41, 5.74) is 1.55. The van der Waals surface area contributed by atoms with Crippen LogP contribution in [0.5, 0.6) is 11.5 Å². The predicted molar refractivity (Wildman–Crippen MR) is 83.8 cm³/mol. The molecule has 2 atom stereocenters. The van der Waals surface area contributed by atoms with Crippen LogP contribution in [0.3, 0.4) is 0 Å². The van der Waals surface area contributed by atoms with Gasteiger partial charge in [0, 0.05) is 17.8 Å². The van der Waals surface area contributed by atoms with Crippen LogP contribution in [0.2, 0.25) is 0 Å². The fourth-order valence-electron chi connectivity index (χ4n) is 3.34. The summed E-state index contributed by atoms with van der Waals surface area (Å²) in [7, 11) is 1.67. The summed E-state index contributed by atoms with van der Waals surface area (Å²) in [5.74, 6) is 2.30. The van der Waals surface area contributed by atoms with Gasteiger partial charge in [0.25, 0.3) is 0 Å². The van der Waals surface area contributed by atoms with Crippen LogP contribution < -0.4 is 14.8 Å². The van der Waals surface area contributed by atoms with Crippen LogP contribution in [-0.2, 0) is 0 Å². The number of rotatable bonds is 5. The first-order chi connectivity index (χ1) is 9.45. The number of hydrogen-bond donors (Lipinski definition) is 1. The Balaban J connectivity index is 2.12. The van der Waals surface area contributed by atoms with Gasteiger partial charge in [-0.1, -0.05) is 20.8 Å². The molecule has 0 aliphatic heterocycles. The van der Waals surface area contributed by atoms with Crippen molar-refractivity contribution in [2.75, 3.05) is 19.0 Å². The molecular formula is C17H27NO2. The molecular weight excluding hydrogens is 250 g/mol. The summed E-state index contributed by atoms with van der Waals surface area (Å²) in [4.78, 5) is 0. The Hall–Kier alpha value is -1.38. The molecule has 0 heterocycles. The highest BCUT2D eigenvalue weighted by atomic mass is 16.5. The fourth-order valence-corrected chi connectivity index (χ4v) is 3.34. The van der Waals surface area contributed by atoms with Crippen LogP contribution in [0.25, 0.3) is 0 Å². The SMILES string of the molecule is CCOc1cc(NC2CC(C)(C)CC2C)ccc1OC. The second kappa shape index (κ2) is 5.94. The Bertz CT molecular complexity index is 456. The van der Waals surface area contributed by atoms with Crippen LogP contribution in [0.1, 0.15) is 40.5 Å². The lowest BCUT2D eigenvalue weighted by atomic mass is 9.91. The largest absolute Gasteiger partial charge is 0.493 e. The molecule has 1 aromatic rings. The number of nitrogens with one attached hydrogen (secondary N) is 1. The predicted octanol–water partition coefficient (Wildman–Crippen LogP) is 4.33. The molecule has 2 unspecified atom stereocenters. The van der Waals surface area contributed by atoms with E-state index in [4.69, 9.17) is 9.47 Å². The average Bonchev–Trinajstić information content (AvgIpc) is 2.63. The fraction of sp³-hybridized carbons (Fsp3) is 0.647. The lowest BCUT2D eigenvalue weighted by molar-refractivity contribution is 0.311. The zero-order chi connectivity index (χ0) is 14.8. The van der Waals surface area contributed by atoms with E-state index in [0.717, 1.165) is 17.2 Å². The summed E-state index contributed by atoms with van der Waals surface area (Å²) < 4.78 is 11.0. The monoisotopic (exact) mass is 277 g/mol. The minimum Gasteiger partial charge on any atom is -0.493 e. The number of anilines is 1. The van der Waals surface area contributed by atoms with Crippen molar-refractivity contribution >= 4 is 5.69 Å². The van der Waals surface area contributed by atoms with E-state index < -0.39 is 0 Å². The quantitative estimate of drug-likeness (QED) is 0.869. The zero-order valence-corrected chi connectivity index (χ0v) is 13.3. The van der Waals surface area contributed by atoms with E-state index in [1.165, 1.54) is 12.8 Å². The summed E-state index contributed by atoms with van der Waals surface area (Å²) in [6.45, 7) is 9.67. The lowest BCUT2D eigenvalue weighted by Gasteiger charge is -2.20. The van der Waals surface area contributed by atoms with Gasteiger partial charge in [-0.3, -0.25) is 0 Å². The Morgan fingerprint density at radius 2 is 2.00 bits per heavy atom. The maximum Gasteiger partial charge on any atom is 0.163 e. The molecule has 1 aromatic carbocycles. The number of ether oxygens (including phenoxy) is 2. The molecule has 20 heavy (non-hydrogen) atoms. The van der Waals surface area contributed by atoms with Gasteiger partial charge in [0.1, 0.15) is 0 Å². The second-order valence-electron chi connectivity index (χ2n) is 6.60. The minimum absolute atomic E-state index is 0.437. The standard InChI is InChI=1S/C17H27NO2/c1-6-20-16-9-13(7-8-15(16)19-5)18-14-11-17(3,4)10-12(14)2/h7-9,12,14,18H,6,10-11H2,1-5H3. The Morgan fingerprint density at radius 1 is 1.25 bits per heavy atom. The van der Waals surface area contributed by atoms with Crippen molar-refractivity contribution < 1.29 is 9.47 Å². The molecule has 3 nitrogen and oxygen atoms in total. The minimum atomic E-state index is 0.437. The van der Waals surface area contributed by atoms with Crippen molar-refractivity contribution in [1.82, 2.24) is 0 Å². The van der Waals surface area contributed by atoms with Crippen molar-refractivity contribution in [3.63, 3.8) is 0 Å². The van der Waals surface area contributed by atoms with Gasteiger partial charge < -0.3 is 14.8 Å². The summed E-state index contributed by atoms with van der Waals surface area (Å²) in [5, 5.41) is 3.66. The molecule has 1 N–H and O–H groups in total. The first kappa shape index (κ1) is 15.0. The smallest absolute Gasteiger partial charge is 0.163 e. The van der Waals surface area contributed by atoms with Crippen LogP contribution in [0.4, 0.5) is 5.69 Å². The van der Waals surface area contributed by atoms with Crippen LogP contribution in [0, 0.1) is 11.3 Å². The highest BCUT2D eigenvalue weighted by Gasteiger charge is 2.36. The molecule has 1 aliphatic rings. The molecule has 0 saturated heterocycles. The van der Waals surface area contributed by atoms with Gasteiger partial charge in [0.05, 0.1) is 13.7 Å². The highest BCUT2D eigenvalue weighted by Crippen LogP contribution is 2.42. The van der Waals surface area contributed by atoms with E-state index in [1.54, 1.807) is 7.11 Å². The van der Waals surface area contributed by atoms with Gasteiger partial charge in [0.2, 0.25) is 0 Å². The van der Waals surface area contributed by atoms with Crippen LogP contribution in [0.15, 0.2) is 18.2 Å². The number of hydrogen-bond acceptors (Lipinski definition) is 3. The molecule has 0 radical (unpaired) electrons. The molecule has 0 spiro atoms. The average molecular weight is 277 g/mol. The molecule has 3 heteroatoms. The molecule has 1 saturated carbocycles. The normalized spacial score (nSPS) is 24.4. The lowest BCUT2D eigenvalue weighted by Crippen LogP contribution is -2.22. The van der Waals surface area contributed by atoms with E-state index in [0.29, 0.717) is 24.0 Å². The van der Waals surface area contributed by atoms with E-state index >= 15 is 0 Å². The van der Waals surface area contributed by atoms with Crippen molar-refractivity contribution in [2.24, 2.45) is 11.3 Å². The molecule has 112 valence electrons. The Kier molecular flexibility index (Phi) is 4.46. The number of benzene rings is 1. The van der Waals surface area contributed by atoms with Crippen molar-refractivity contribution in [3.05, 3.63) is 18.2 Å². The van der Waals surface area contributed by atoms with E-state index in [9.17, 15) is 0 Å². The first-order valence-corrected chi connectivity index (χ1v) is 7.52. The second-order valence-corrected chi connectivity index (χ2v) is 6.60. The Morgan fingerprint density at radius 3 is 2.55 bits per heavy atom. The summed E-state index contributed by atoms with van der Waals surface area (Å²) in [6.07, 6.45) is 2.49. The van der Waals surface area contributed by atoms with Gasteiger partial charge >= 0.3 is 0 Å². The van der Waals surface area contributed by atoms with Crippen LogP contribution in [-0.4, -0.2) is 19.8 Å². The maximum absolute atomic E-state index is 5.64. The summed E-state index contributed by atoms with van der Waals surface area (Å²) >= 11 is 0. The third kappa shape index (κ3) is 3.38. The molecule has 1 fully saturated rings. The van der Waals surface area contributed by atoms with Gasteiger partial charge in [-0.25, -0.2) is 0 Å². The molecule has 0 aromatic heterocycles. The van der Waals surface area contributed by atoms with E-state index in [2.05, 4.69) is 32.2 Å². The van der Waals surface area contributed by atoms with Crippen LogP contribution >= 0.6 is 0 Å². The third-order valence-electron chi connectivity index (χ3n) is 4.15. The van der Waals surface area contributed by atoms with Gasteiger partial charge in [0.15, 0.2) is 11.5 Å². The van der Waals surface area contributed by atoms with E-state index in [-0.39, 0.29) is 0 Å². The highest BCUT2D eigenvalue weighted by molar-refractivity contribution is 5.55. The molecule has 0 bridgehead atoms. The first-order valence-electron chi connectivity index (χ1n) is 7.52. The van der Waals surface area contributed by atoms with Crippen molar-refractivity contribution in [1.29, 1.82) is 0 Å². The topological polar surface area (TPSA) is 30.5 Å². The molecule has 2 rings (SSSR count).